The van der Waals surface area contributed by atoms with Crippen molar-refractivity contribution in [1.82, 2.24) is 10.3 Å². The zero-order valence-electron chi connectivity index (χ0n) is 14.7. The molecule has 2 N–H and O–H groups in total. The van der Waals surface area contributed by atoms with Gasteiger partial charge in [0, 0.05) is 24.2 Å². The molecular formula is C21H20FN3OS. The number of nitrogens with one attached hydrogen (secondary N) is 2. The summed E-state index contributed by atoms with van der Waals surface area (Å²) in [7, 11) is 0. The standard InChI is InChI=1S/C21H20FN3OS/c22-18-9-7-16(8-10-18)11-13-24-21(26)25-19-5-3-4-17(14-19)15-27-20-6-1-2-12-23-20/h1-10,12,14H,11,13,15H2,(H2,24,25,26). The number of anilines is 1. The highest BCUT2D eigenvalue weighted by atomic mass is 32.2. The molecule has 0 atom stereocenters. The van der Waals surface area contributed by atoms with Gasteiger partial charge in [0.25, 0.3) is 0 Å². The lowest BCUT2D eigenvalue weighted by Crippen LogP contribution is -2.30. The molecule has 27 heavy (non-hydrogen) atoms. The van der Waals surface area contributed by atoms with Crippen LogP contribution in [0.4, 0.5) is 14.9 Å². The largest absolute Gasteiger partial charge is 0.338 e. The Morgan fingerprint density at radius 3 is 2.63 bits per heavy atom. The van der Waals surface area contributed by atoms with Crippen molar-refractivity contribution in [3.63, 3.8) is 0 Å². The van der Waals surface area contributed by atoms with Gasteiger partial charge in [-0.25, -0.2) is 14.2 Å². The molecule has 0 bridgehead atoms. The number of carbonyl (C=O) groups excluding carboxylic acids is 1. The second-order valence-electron chi connectivity index (χ2n) is 5.91. The normalized spacial score (nSPS) is 10.4. The Morgan fingerprint density at radius 2 is 1.85 bits per heavy atom. The summed E-state index contributed by atoms with van der Waals surface area (Å²) in [5.41, 5.74) is 2.83. The van der Waals surface area contributed by atoms with E-state index in [0.717, 1.165) is 27.6 Å². The molecule has 0 aliphatic heterocycles. The van der Waals surface area contributed by atoms with E-state index in [9.17, 15) is 9.18 Å². The summed E-state index contributed by atoms with van der Waals surface area (Å²) in [4.78, 5) is 16.3. The van der Waals surface area contributed by atoms with Gasteiger partial charge in [-0.3, -0.25) is 0 Å². The Hall–Kier alpha value is -2.86. The predicted molar refractivity (Wildman–Crippen MR) is 107 cm³/mol. The van der Waals surface area contributed by atoms with Gasteiger partial charge in [-0.05, 0) is 53.9 Å². The first kappa shape index (κ1) is 18.9. The molecule has 2 amide bonds. The molecule has 0 spiro atoms. The molecule has 3 aromatic rings. The number of hydrogen-bond donors (Lipinski definition) is 2. The van der Waals surface area contributed by atoms with Crippen LogP contribution in [0, 0.1) is 5.82 Å². The lowest BCUT2D eigenvalue weighted by atomic mass is 10.1. The lowest BCUT2D eigenvalue weighted by Gasteiger charge is -2.09. The maximum atomic E-state index is 12.9. The highest BCUT2D eigenvalue weighted by Crippen LogP contribution is 2.22. The smallest absolute Gasteiger partial charge is 0.319 e. The van der Waals surface area contributed by atoms with Crippen molar-refractivity contribution in [2.75, 3.05) is 11.9 Å². The molecule has 0 aliphatic rings. The maximum absolute atomic E-state index is 12.9. The number of nitrogens with zero attached hydrogens (tertiary/aromatic N) is 1. The van der Waals surface area contributed by atoms with Gasteiger partial charge >= 0.3 is 6.03 Å². The average Bonchev–Trinajstić information content (AvgIpc) is 2.69. The minimum atomic E-state index is -0.259. The van der Waals surface area contributed by atoms with Gasteiger partial charge in [0.2, 0.25) is 0 Å². The monoisotopic (exact) mass is 381 g/mol. The van der Waals surface area contributed by atoms with Gasteiger partial charge in [-0.15, -0.1) is 11.8 Å². The summed E-state index contributed by atoms with van der Waals surface area (Å²) < 4.78 is 12.9. The summed E-state index contributed by atoms with van der Waals surface area (Å²) in [6.07, 6.45) is 2.42. The number of halogens is 1. The van der Waals surface area contributed by atoms with Crippen LogP contribution >= 0.6 is 11.8 Å². The van der Waals surface area contributed by atoms with Gasteiger partial charge in [0.15, 0.2) is 0 Å². The summed E-state index contributed by atoms with van der Waals surface area (Å²) in [6, 6.07) is 19.6. The van der Waals surface area contributed by atoms with Crippen molar-refractivity contribution in [1.29, 1.82) is 0 Å². The molecule has 138 valence electrons. The van der Waals surface area contributed by atoms with Crippen LogP contribution in [0.3, 0.4) is 0 Å². The molecule has 2 aromatic carbocycles. The number of carbonyl (C=O) groups is 1. The summed E-state index contributed by atoms with van der Waals surface area (Å²) in [5, 5.41) is 6.62. The van der Waals surface area contributed by atoms with Gasteiger partial charge in [0.05, 0.1) is 5.03 Å². The minimum Gasteiger partial charge on any atom is -0.338 e. The third kappa shape index (κ3) is 6.42. The Morgan fingerprint density at radius 1 is 1.00 bits per heavy atom. The maximum Gasteiger partial charge on any atom is 0.319 e. The number of benzene rings is 2. The fraction of sp³-hybridized carbons (Fsp3) is 0.143. The van der Waals surface area contributed by atoms with Crippen molar-refractivity contribution in [2.24, 2.45) is 0 Å². The first-order chi connectivity index (χ1) is 13.2. The molecule has 0 fully saturated rings. The van der Waals surface area contributed by atoms with E-state index >= 15 is 0 Å². The van der Waals surface area contributed by atoms with Crippen molar-refractivity contribution < 1.29 is 9.18 Å². The van der Waals surface area contributed by atoms with Crippen molar-refractivity contribution in [3.05, 3.63) is 89.9 Å². The second-order valence-corrected chi connectivity index (χ2v) is 6.91. The Bertz CT molecular complexity index is 872. The van der Waals surface area contributed by atoms with Gasteiger partial charge < -0.3 is 10.6 Å². The number of thioether (sulfide) groups is 1. The SMILES string of the molecule is O=C(NCCc1ccc(F)cc1)Nc1cccc(CSc2ccccn2)c1. The average molecular weight is 381 g/mol. The fourth-order valence-electron chi connectivity index (χ4n) is 2.48. The molecule has 0 aliphatic carbocycles. The Balaban J connectivity index is 1.45. The molecule has 0 unspecified atom stereocenters. The highest BCUT2D eigenvalue weighted by molar-refractivity contribution is 7.98. The summed E-state index contributed by atoms with van der Waals surface area (Å²) in [5.74, 6) is 0.518. The van der Waals surface area contributed by atoms with E-state index in [1.54, 1.807) is 30.1 Å². The van der Waals surface area contributed by atoms with E-state index in [0.29, 0.717) is 13.0 Å². The Kier molecular flexibility index (Phi) is 6.82. The molecule has 0 saturated heterocycles. The van der Waals surface area contributed by atoms with Gasteiger partial charge in [-0.1, -0.05) is 30.3 Å². The van der Waals surface area contributed by atoms with Crippen LogP contribution in [-0.4, -0.2) is 17.6 Å². The number of hydrogen-bond acceptors (Lipinski definition) is 3. The first-order valence-electron chi connectivity index (χ1n) is 8.61. The van der Waals surface area contributed by atoms with Gasteiger partial charge in [0.1, 0.15) is 5.82 Å². The van der Waals surface area contributed by atoms with E-state index in [-0.39, 0.29) is 11.8 Å². The lowest BCUT2D eigenvalue weighted by molar-refractivity contribution is 0.252. The molecule has 0 saturated carbocycles. The summed E-state index contributed by atoms with van der Waals surface area (Å²) >= 11 is 1.65. The van der Waals surface area contributed by atoms with E-state index < -0.39 is 0 Å². The molecule has 3 rings (SSSR count). The molecule has 1 heterocycles. The topological polar surface area (TPSA) is 54.0 Å². The summed E-state index contributed by atoms with van der Waals surface area (Å²) in [6.45, 7) is 0.479. The number of aromatic nitrogens is 1. The zero-order valence-corrected chi connectivity index (χ0v) is 15.5. The van der Waals surface area contributed by atoms with E-state index in [1.807, 2.05) is 42.5 Å². The molecule has 6 heteroatoms. The minimum absolute atomic E-state index is 0.258. The second kappa shape index (κ2) is 9.73. The van der Waals surface area contributed by atoms with Crippen LogP contribution in [0.2, 0.25) is 0 Å². The zero-order chi connectivity index (χ0) is 18.9. The van der Waals surface area contributed by atoms with E-state index in [1.165, 1.54) is 12.1 Å². The number of pyridine rings is 1. The molecule has 4 nitrogen and oxygen atoms in total. The van der Waals surface area contributed by atoms with Crippen molar-refractivity contribution in [2.45, 2.75) is 17.2 Å². The predicted octanol–water partition coefficient (Wildman–Crippen LogP) is 4.88. The van der Waals surface area contributed by atoms with Crippen LogP contribution in [0.1, 0.15) is 11.1 Å². The molecule has 1 aromatic heterocycles. The fourth-order valence-corrected chi connectivity index (χ4v) is 3.28. The van der Waals surface area contributed by atoms with Crippen molar-refractivity contribution in [3.8, 4) is 0 Å². The third-order valence-electron chi connectivity index (χ3n) is 3.82. The number of amides is 2. The highest BCUT2D eigenvalue weighted by Gasteiger charge is 2.03. The number of rotatable bonds is 7. The number of urea groups is 1. The first-order valence-corrected chi connectivity index (χ1v) is 9.60. The van der Waals surface area contributed by atoms with Crippen LogP contribution < -0.4 is 10.6 Å². The van der Waals surface area contributed by atoms with Gasteiger partial charge in [-0.2, -0.15) is 0 Å². The molecular weight excluding hydrogens is 361 g/mol. The third-order valence-corrected chi connectivity index (χ3v) is 4.84. The quantitative estimate of drug-likeness (QED) is 0.574. The van der Waals surface area contributed by atoms with Crippen LogP contribution in [-0.2, 0) is 12.2 Å². The Labute approximate surface area is 162 Å². The van der Waals surface area contributed by atoms with Crippen LogP contribution in [0.15, 0.2) is 78.0 Å². The van der Waals surface area contributed by atoms with E-state index in [2.05, 4.69) is 15.6 Å². The van der Waals surface area contributed by atoms with E-state index in [4.69, 9.17) is 0 Å². The molecule has 0 radical (unpaired) electrons. The van der Waals surface area contributed by atoms with Crippen LogP contribution in [0.5, 0.6) is 0 Å². The van der Waals surface area contributed by atoms with Crippen molar-refractivity contribution >= 4 is 23.5 Å². The van der Waals surface area contributed by atoms with Crippen LogP contribution in [0.25, 0.3) is 0 Å².